The molecule has 1 saturated heterocycles. The number of imidazole rings is 2. The van der Waals surface area contributed by atoms with Crippen LogP contribution in [-0.2, 0) is 13.6 Å². The van der Waals surface area contributed by atoms with Crippen LogP contribution in [0.2, 0.25) is 36.3 Å². The number of nitrogens with zero attached hydrogens (tertiary/aromatic N) is 5. The van der Waals surface area contributed by atoms with Crippen LogP contribution in [0, 0.1) is 0 Å². The molecule has 0 spiro atoms. The van der Waals surface area contributed by atoms with E-state index in [1.54, 1.807) is 0 Å². The van der Waals surface area contributed by atoms with Gasteiger partial charge in [0.05, 0.1) is 30.1 Å². The molecule has 1 aliphatic rings. The van der Waals surface area contributed by atoms with Gasteiger partial charge in [-0.3, -0.25) is 8.97 Å². The van der Waals surface area contributed by atoms with Gasteiger partial charge in [-0.2, -0.15) is 0 Å². The number of benzene rings is 1. The Morgan fingerprint density at radius 2 is 1.61 bits per heavy atom. The van der Waals surface area contributed by atoms with E-state index in [-0.39, 0.29) is 28.5 Å². The smallest absolute Gasteiger partial charge is 0.192 e. The quantitative estimate of drug-likeness (QED) is 0.241. The Morgan fingerprint density at radius 3 is 2.29 bits per heavy atom. The van der Waals surface area contributed by atoms with Gasteiger partial charge in [0.25, 0.3) is 0 Å². The monoisotopic (exact) mass is 553 g/mol. The van der Waals surface area contributed by atoms with Gasteiger partial charge in [-0.25, -0.2) is 15.0 Å². The van der Waals surface area contributed by atoms with Crippen molar-refractivity contribution in [1.29, 1.82) is 0 Å². The van der Waals surface area contributed by atoms with Crippen molar-refractivity contribution in [3.63, 3.8) is 0 Å². The van der Waals surface area contributed by atoms with Crippen molar-refractivity contribution >= 4 is 44.5 Å². The number of hydrogen-bond acceptors (Lipinski definition) is 6. The van der Waals surface area contributed by atoms with E-state index in [4.69, 9.17) is 28.5 Å². The summed E-state index contributed by atoms with van der Waals surface area (Å²) in [7, 11) is -3.97. The molecule has 0 bridgehead atoms. The molecule has 10 heteroatoms. The minimum Gasteiger partial charge on any atom is -0.414 e. The van der Waals surface area contributed by atoms with Gasteiger partial charge in [-0.05, 0) is 48.4 Å². The zero-order chi connectivity index (χ0) is 27.7. The number of fused-ring (bicyclic) bond motifs is 5. The van der Waals surface area contributed by atoms with Crippen molar-refractivity contribution in [2.45, 2.75) is 103 Å². The molecule has 0 amide bonds. The summed E-state index contributed by atoms with van der Waals surface area (Å²) in [6.45, 7) is 23.4. The molecule has 0 unspecified atom stereocenters. The summed E-state index contributed by atoms with van der Waals surface area (Å²) in [4.78, 5) is 14.4. The first kappa shape index (κ1) is 27.5. The fourth-order valence-corrected chi connectivity index (χ4v) is 6.87. The standard InChI is InChI=1S/C28H43N5O3Si2/c1-27(2,3)37(7,8)34-16-22-21(36-38(9,10)28(4,5)6)15-23(35-22)33-17-29-24-25(33)30-18-32-20-14-12-11-13-19(20)31-26(24)32/h11-14,17-18,21-23H,15-16H2,1-10H3/t21-,22+,23+/m0/s1. The number of hydrogen-bond donors (Lipinski definition) is 0. The third-order valence-electron chi connectivity index (χ3n) is 9.03. The lowest BCUT2D eigenvalue weighted by atomic mass is 10.2. The Morgan fingerprint density at radius 1 is 0.921 bits per heavy atom. The Kier molecular flexibility index (Phi) is 6.67. The molecule has 0 N–H and O–H groups in total. The van der Waals surface area contributed by atoms with Crippen LogP contribution in [0.5, 0.6) is 0 Å². The van der Waals surface area contributed by atoms with Crippen LogP contribution in [0.4, 0.5) is 0 Å². The molecular formula is C28H43N5O3Si2. The molecule has 38 heavy (non-hydrogen) atoms. The Hall–Kier alpha value is -2.12. The van der Waals surface area contributed by atoms with Gasteiger partial charge in [0.1, 0.15) is 18.7 Å². The molecule has 3 aromatic heterocycles. The molecule has 8 nitrogen and oxygen atoms in total. The maximum Gasteiger partial charge on any atom is 0.192 e. The van der Waals surface area contributed by atoms with Gasteiger partial charge in [-0.15, -0.1) is 0 Å². The average Bonchev–Trinajstić information content (AvgIpc) is 3.50. The van der Waals surface area contributed by atoms with Gasteiger partial charge in [0, 0.05) is 6.42 Å². The summed E-state index contributed by atoms with van der Waals surface area (Å²) in [6, 6.07) is 8.08. The lowest BCUT2D eigenvalue weighted by molar-refractivity contribution is -0.0383. The Labute approximate surface area is 228 Å². The van der Waals surface area contributed by atoms with Gasteiger partial charge >= 0.3 is 0 Å². The second-order valence-corrected chi connectivity index (χ2v) is 23.3. The molecule has 1 aromatic carbocycles. The molecule has 1 aliphatic heterocycles. The van der Waals surface area contributed by atoms with E-state index in [0.29, 0.717) is 6.61 Å². The third-order valence-corrected chi connectivity index (χ3v) is 18.0. The second-order valence-electron chi connectivity index (χ2n) is 13.7. The van der Waals surface area contributed by atoms with E-state index in [9.17, 15) is 0 Å². The maximum absolute atomic E-state index is 6.96. The summed E-state index contributed by atoms with van der Waals surface area (Å²) in [6.07, 6.45) is 3.96. The van der Waals surface area contributed by atoms with Crippen LogP contribution < -0.4 is 0 Å². The van der Waals surface area contributed by atoms with Crippen molar-refractivity contribution in [2.24, 2.45) is 0 Å². The highest BCUT2D eigenvalue weighted by atomic mass is 28.4. The largest absolute Gasteiger partial charge is 0.414 e. The predicted molar refractivity (Wildman–Crippen MR) is 158 cm³/mol. The Bertz CT molecular complexity index is 1460. The molecule has 5 rings (SSSR count). The molecular weight excluding hydrogens is 511 g/mol. The predicted octanol–water partition coefficient (Wildman–Crippen LogP) is 6.93. The van der Waals surface area contributed by atoms with E-state index in [2.05, 4.69) is 73.8 Å². The Balaban J connectivity index is 1.47. The summed E-state index contributed by atoms with van der Waals surface area (Å²) in [5, 5.41) is 0.234. The number of aromatic nitrogens is 5. The average molecular weight is 554 g/mol. The number of para-hydroxylation sites is 2. The molecule has 4 heterocycles. The van der Waals surface area contributed by atoms with E-state index < -0.39 is 16.6 Å². The topological polar surface area (TPSA) is 75.7 Å². The van der Waals surface area contributed by atoms with Crippen molar-refractivity contribution in [2.75, 3.05) is 6.61 Å². The normalized spacial score (nSPS) is 21.8. The molecule has 0 radical (unpaired) electrons. The van der Waals surface area contributed by atoms with Crippen LogP contribution in [-0.4, -0.2) is 59.4 Å². The first-order valence-electron chi connectivity index (χ1n) is 13.6. The van der Waals surface area contributed by atoms with Crippen molar-refractivity contribution in [3.8, 4) is 0 Å². The summed E-state index contributed by atoms with van der Waals surface area (Å²) in [5.41, 5.74) is 4.30. The van der Waals surface area contributed by atoms with Crippen LogP contribution in [0.25, 0.3) is 27.8 Å². The molecule has 1 fully saturated rings. The fraction of sp³-hybridized carbons (Fsp3) is 0.607. The van der Waals surface area contributed by atoms with Gasteiger partial charge < -0.3 is 13.6 Å². The number of ether oxygens (including phenoxy) is 1. The minimum atomic E-state index is -2.02. The van der Waals surface area contributed by atoms with Gasteiger partial charge in [-0.1, -0.05) is 53.7 Å². The van der Waals surface area contributed by atoms with E-state index in [0.717, 1.165) is 34.3 Å². The van der Waals surface area contributed by atoms with Crippen LogP contribution in [0.15, 0.2) is 36.9 Å². The van der Waals surface area contributed by atoms with E-state index >= 15 is 0 Å². The first-order valence-corrected chi connectivity index (χ1v) is 19.5. The molecule has 3 atom stereocenters. The van der Waals surface area contributed by atoms with Crippen molar-refractivity contribution in [1.82, 2.24) is 23.9 Å². The van der Waals surface area contributed by atoms with E-state index in [1.165, 1.54) is 0 Å². The lowest BCUT2D eigenvalue weighted by Crippen LogP contribution is -2.48. The second kappa shape index (κ2) is 9.23. The third kappa shape index (κ3) is 4.74. The van der Waals surface area contributed by atoms with E-state index in [1.807, 2.05) is 39.8 Å². The van der Waals surface area contributed by atoms with Crippen molar-refractivity contribution in [3.05, 3.63) is 36.9 Å². The molecule has 4 aromatic rings. The summed E-state index contributed by atoms with van der Waals surface area (Å²) < 4.78 is 24.4. The highest BCUT2D eigenvalue weighted by Gasteiger charge is 2.46. The van der Waals surface area contributed by atoms with Gasteiger partial charge in [0.2, 0.25) is 0 Å². The highest BCUT2D eigenvalue weighted by molar-refractivity contribution is 6.74. The maximum atomic E-state index is 6.96. The molecule has 206 valence electrons. The minimum absolute atomic E-state index is 0.0548. The summed E-state index contributed by atoms with van der Waals surface area (Å²) >= 11 is 0. The van der Waals surface area contributed by atoms with Crippen molar-refractivity contribution < 1.29 is 13.6 Å². The molecule has 0 aliphatic carbocycles. The SMILES string of the molecule is CC(C)(C)[Si](C)(C)OC[C@H]1O[C@@H](n2cnc3c2ncn2c4ccccc4nc32)C[C@@H]1O[Si](C)(C)C(C)(C)C. The van der Waals surface area contributed by atoms with Crippen LogP contribution >= 0.6 is 0 Å². The van der Waals surface area contributed by atoms with Gasteiger partial charge in [0.15, 0.2) is 33.4 Å². The number of rotatable bonds is 6. The zero-order valence-electron chi connectivity index (χ0n) is 24.6. The lowest BCUT2D eigenvalue weighted by Gasteiger charge is -2.40. The zero-order valence-corrected chi connectivity index (χ0v) is 26.6. The summed E-state index contributed by atoms with van der Waals surface area (Å²) in [5.74, 6) is 0. The highest BCUT2D eigenvalue weighted by Crippen LogP contribution is 2.43. The van der Waals surface area contributed by atoms with Crippen LogP contribution in [0.1, 0.15) is 54.2 Å². The van der Waals surface area contributed by atoms with Crippen LogP contribution in [0.3, 0.4) is 0 Å². The first-order chi connectivity index (χ1) is 17.6. The fourth-order valence-electron chi connectivity index (χ4n) is 4.50. The molecule has 0 saturated carbocycles.